The van der Waals surface area contributed by atoms with Gasteiger partial charge in [0, 0.05) is 18.8 Å². The lowest BCUT2D eigenvalue weighted by molar-refractivity contribution is 0.0919. The topological polar surface area (TPSA) is 51.7 Å². The summed E-state index contributed by atoms with van der Waals surface area (Å²) in [6.07, 6.45) is 3.43. The zero-order valence-electron chi connectivity index (χ0n) is 14.1. The van der Waals surface area contributed by atoms with E-state index < -0.39 is 0 Å². The minimum atomic E-state index is -0.267. The quantitative estimate of drug-likeness (QED) is 0.856. The number of aryl methyl sites for hydroxylation is 1. The number of hydrogen-bond acceptors (Lipinski definition) is 4. The predicted molar refractivity (Wildman–Crippen MR) is 90.8 cm³/mol. The summed E-state index contributed by atoms with van der Waals surface area (Å²) in [7, 11) is 1.60. The van der Waals surface area contributed by atoms with Crippen LogP contribution in [0.25, 0.3) is 0 Å². The van der Waals surface area contributed by atoms with Crippen LogP contribution in [0.15, 0.2) is 42.6 Å². The number of likely N-dealkylation sites (tertiary alicyclic amines) is 1. The molecule has 1 amide bonds. The Morgan fingerprint density at radius 1 is 1.33 bits per heavy atom. The second-order valence-electron chi connectivity index (χ2n) is 5.97. The summed E-state index contributed by atoms with van der Waals surface area (Å²) < 4.78 is 10.6. The van der Waals surface area contributed by atoms with Gasteiger partial charge < -0.3 is 14.4 Å². The zero-order valence-corrected chi connectivity index (χ0v) is 14.1. The van der Waals surface area contributed by atoms with E-state index in [2.05, 4.69) is 4.98 Å². The van der Waals surface area contributed by atoms with Crippen LogP contribution < -0.4 is 4.74 Å². The molecule has 2 heterocycles. The van der Waals surface area contributed by atoms with E-state index in [9.17, 15) is 4.79 Å². The van der Waals surface area contributed by atoms with Crippen molar-refractivity contribution in [2.75, 3.05) is 13.7 Å². The molecule has 0 spiro atoms. The molecule has 0 aliphatic carbocycles. The van der Waals surface area contributed by atoms with E-state index in [1.54, 1.807) is 12.0 Å². The van der Waals surface area contributed by atoms with E-state index >= 15 is 0 Å². The van der Waals surface area contributed by atoms with Gasteiger partial charge in [-0.15, -0.1) is 0 Å². The van der Waals surface area contributed by atoms with Gasteiger partial charge in [-0.2, -0.15) is 0 Å². The largest absolute Gasteiger partial charge is 0.481 e. The molecule has 1 saturated heterocycles. The number of hydrogen-bond donors (Lipinski definition) is 0. The highest BCUT2D eigenvalue weighted by atomic mass is 16.6. The Kier molecular flexibility index (Phi) is 4.99. The summed E-state index contributed by atoms with van der Waals surface area (Å²) in [4.78, 5) is 18.6. The summed E-state index contributed by atoms with van der Waals surface area (Å²) >= 11 is 0. The molecule has 1 aliphatic heterocycles. The van der Waals surface area contributed by atoms with E-state index in [0.29, 0.717) is 19.0 Å². The van der Waals surface area contributed by atoms with Gasteiger partial charge in [0.25, 0.3) is 0 Å². The number of aromatic nitrogens is 1. The van der Waals surface area contributed by atoms with Crippen molar-refractivity contribution in [2.24, 2.45) is 0 Å². The summed E-state index contributed by atoms with van der Waals surface area (Å²) in [5.74, 6) is 0.590. The van der Waals surface area contributed by atoms with Crippen LogP contribution in [-0.2, 0) is 11.3 Å². The van der Waals surface area contributed by atoms with E-state index in [0.717, 1.165) is 29.5 Å². The highest BCUT2D eigenvalue weighted by Gasteiger charge is 2.32. The van der Waals surface area contributed by atoms with Crippen molar-refractivity contribution in [3.63, 3.8) is 0 Å². The highest BCUT2D eigenvalue weighted by molar-refractivity contribution is 5.69. The van der Waals surface area contributed by atoms with Gasteiger partial charge in [-0.1, -0.05) is 30.3 Å². The molecular weight excluding hydrogens is 304 g/mol. The minimum Gasteiger partial charge on any atom is -0.481 e. The van der Waals surface area contributed by atoms with Gasteiger partial charge in [0.05, 0.1) is 13.2 Å². The molecule has 1 aromatic heterocycles. The lowest BCUT2D eigenvalue weighted by atomic mass is 10.0. The molecule has 1 aliphatic rings. The lowest BCUT2D eigenvalue weighted by Crippen LogP contribution is -2.31. The number of carbonyl (C=O) groups is 1. The van der Waals surface area contributed by atoms with Crippen molar-refractivity contribution in [2.45, 2.75) is 32.4 Å². The van der Waals surface area contributed by atoms with Crippen LogP contribution in [0.1, 0.15) is 35.6 Å². The Morgan fingerprint density at radius 2 is 2.12 bits per heavy atom. The van der Waals surface area contributed by atoms with Crippen molar-refractivity contribution in [1.82, 2.24) is 9.88 Å². The fourth-order valence-electron chi connectivity index (χ4n) is 3.11. The molecule has 126 valence electrons. The maximum Gasteiger partial charge on any atom is 0.410 e. The van der Waals surface area contributed by atoms with Gasteiger partial charge in [-0.25, -0.2) is 9.78 Å². The summed E-state index contributed by atoms with van der Waals surface area (Å²) in [5.41, 5.74) is 3.13. The zero-order chi connectivity index (χ0) is 16.9. The molecule has 0 unspecified atom stereocenters. The molecule has 0 saturated carbocycles. The standard InChI is InChI=1S/C19H22N2O3/c1-14-11-18(23-2)20-12-16(14)17-9-6-10-21(17)19(22)24-13-15-7-4-3-5-8-15/h3-5,7-8,11-12,17H,6,9-10,13H2,1-2H3/t17-/m0/s1. The van der Waals surface area contributed by atoms with Gasteiger partial charge in [0.1, 0.15) is 6.61 Å². The van der Waals surface area contributed by atoms with Crippen LogP contribution >= 0.6 is 0 Å². The number of rotatable bonds is 4. The summed E-state index contributed by atoms with van der Waals surface area (Å²) in [6, 6.07) is 11.6. The first-order chi connectivity index (χ1) is 11.7. The van der Waals surface area contributed by atoms with Gasteiger partial charge in [-0.3, -0.25) is 0 Å². The molecule has 5 nitrogen and oxygen atoms in total. The summed E-state index contributed by atoms with van der Waals surface area (Å²) in [6.45, 7) is 3.03. The molecule has 2 aromatic rings. The molecular formula is C19H22N2O3. The SMILES string of the molecule is COc1cc(C)c([C@@H]2CCCN2C(=O)OCc2ccccc2)cn1. The normalized spacial score (nSPS) is 16.9. The van der Waals surface area contributed by atoms with E-state index in [4.69, 9.17) is 9.47 Å². The van der Waals surface area contributed by atoms with Crippen molar-refractivity contribution < 1.29 is 14.3 Å². The average Bonchev–Trinajstić information content (AvgIpc) is 3.10. The molecule has 3 rings (SSSR count). The second-order valence-corrected chi connectivity index (χ2v) is 5.97. The predicted octanol–water partition coefficient (Wildman–Crippen LogP) is 3.87. The maximum absolute atomic E-state index is 12.5. The molecule has 5 heteroatoms. The maximum atomic E-state index is 12.5. The van der Waals surface area contributed by atoms with Crippen LogP contribution in [0.4, 0.5) is 4.79 Å². The Morgan fingerprint density at radius 3 is 2.83 bits per heavy atom. The van der Waals surface area contributed by atoms with E-state index in [1.807, 2.05) is 49.5 Å². The van der Waals surface area contributed by atoms with Crippen LogP contribution in [0.2, 0.25) is 0 Å². The highest BCUT2D eigenvalue weighted by Crippen LogP contribution is 2.34. The third-order valence-corrected chi connectivity index (χ3v) is 4.39. The summed E-state index contributed by atoms with van der Waals surface area (Å²) in [5, 5.41) is 0. The fraction of sp³-hybridized carbons (Fsp3) is 0.368. The van der Waals surface area contributed by atoms with Crippen LogP contribution in [-0.4, -0.2) is 29.6 Å². The van der Waals surface area contributed by atoms with Crippen molar-refractivity contribution >= 4 is 6.09 Å². The van der Waals surface area contributed by atoms with Crippen LogP contribution in [0.5, 0.6) is 5.88 Å². The monoisotopic (exact) mass is 326 g/mol. The first-order valence-corrected chi connectivity index (χ1v) is 8.17. The first kappa shape index (κ1) is 16.3. The molecule has 0 radical (unpaired) electrons. The number of methoxy groups -OCH3 is 1. The van der Waals surface area contributed by atoms with Gasteiger partial charge >= 0.3 is 6.09 Å². The molecule has 1 atom stereocenters. The number of amides is 1. The molecule has 0 N–H and O–H groups in total. The second kappa shape index (κ2) is 7.34. The van der Waals surface area contributed by atoms with E-state index in [-0.39, 0.29) is 12.1 Å². The first-order valence-electron chi connectivity index (χ1n) is 8.17. The van der Waals surface area contributed by atoms with Crippen molar-refractivity contribution in [3.05, 3.63) is 59.3 Å². The lowest BCUT2D eigenvalue weighted by Gasteiger charge is -2.25. The molecule has 0 bridgehead atoms. The number of ether oxygens (including phenoxy) is 2. The van der Waals surface area contributed by atoms with Gasteiger partial charge in [0.2, 0.25) is 5.88 Å². The third kappa shape index (κ3) is 3.50. The number of carbonyl (C=O) groups excluding carboxylic acids is 1. The molecule has 1 aromatic carbocycles. The Balaban J connectivity index is 1.69. The van der Waals surface area contributed by atoms with Gasteiger partial charge in [-0.05, 0) is 36.5 Å². The fourth-order valence-corrected chi connectivity index (χ4v) is 3.11. The Hall–Kier alpha value is -2.56. The molecule has 1 fully saturated rings. The third-order valence-electron chi connectivity index (χ3n) is 4.39. The minimum absolute atomic E-state index is 0.0201. The van der Waals surface area contributed by atoms with Crippen LogP contribution in [0.3, 0.4) is 0 Å². The Bertz CT molecular complexity index is 703. The van der Waals surface area contributed by atoms with E-state index in [1.165, 1.54) is 0 Å². The van der Waals surface area contributed by atoms with Crippen LogP contribution in [0, 0.1) is 6.92 Å². The van der Waals surface area contributed by atoms with Crippen molar-refractivity contribution in [3.8, 4) is 5.88 Å². The number of pyridine rings is 1. The number of benzene rings is 1. The number of nitrogens with zero attached hydrogens (tertiary/aromatic N) is 2. The van der Waals surface area contributed by atoms with Gasteiger partial charge in [0.15, 0.2) is 0 Å². The molecule has 24 heavy (non-hydrogen) atoms. The van der Waals surface area contributed by atoms with Crippen molar-refractivity contribution in [1.29, 1.82) is 0 Å². The average molecular weight is 326 g/mol. The Labute approximate surface area is 142 Å². The smallest absolute Gasteiger partial charge is 0.410 e.